The van der Waals surface area contributed by atoms with Crippen molar-refractivity contribution in [2.45, 2.75) is 13.0 Å². The fourth-order valence-corrected chi connectivity index (χ4v) is 2.06. The molecule has 3 rings (SSSR count). The number of benzene rings is 1. The molecule has 0 bridgehead atoms. The lowest BCUT2D eigenvalue weighted by Crippen LogP contribution is -2.46. The number of H-pyrrole nitrogens is 1. The lowest BCUT2D eigenvalue weighted by atomic mass is 10.1. The Balaban J connectivity index is 2.27. The lowest BCUT2D eigenvalue weighted by Gasteiger charge is -2.28. The average Bonchev–Trinajstić information content (AvgIpc) is 2.40. The summed E-state index contributed by atoms with van der Waals surface area (Å²) >= 11 is 0. The van der Waals surface area contributed by atoms with Crippen molar-refractivity contribution in [2.24, 2.45) is 0 Å². The van der Waals surface area contributed by atoms with Crippen molar-refractivity contribution in [1.29, 1.82) is 0 Å². The minimum atomic E-state index is 0.00194. The van der Waals surface area contributed by atoms with Gasteiger partial charge in [-0.3, -0.25) is 4.57 Å². The van der Waals surface area contributed by atoms with Crippen LogP contribution in [0.3, 0.4) is 0 Å². The first-order chi connectivity index (χ1) is 7.25. The molecule has 1 aromatic carbocycles. The van der Waals surface area contributed by atoms with Gasteiger partial charge in [0.15, 0.2) is 0 Å². The summed E-state index contributed by atoms with van der Waals surface area (Å²) in [5.74, 6) is 0. The molecule has 0 unspecified atom stereocenters. The minimum Gasteiger partial charge on any atom is -0.313 e. The van der Waals surface area contributed by atoms with Crippen molar-refractivity contribution < 1.29 is 0 Å². The summed E-state index contributed by atoms with van der Waals surface area (Å²) in [4.78, 5) is 14.7. The predicted molar refractivity (Wildman–Crippen MR) is 59.2 cm³/mol. The van der Waals surface area contributed by atoms with Gasteiger partial charge in [0.25, 0.3) is 0 Å². The zero-order chi connectivity index (χ0) is 10.4. The van der Waals surface area contributed by atoms with E-state index in [2.05, 4.69) is 10.3 Å². The van der Waals surface area contributed by atoms with E-state index >= 15 is 0 Å². The molecule has 0 radical (unpaired) electrons. The molecule has 1 saturated heterocycles. The quantitative estimate of drug-likeness (QED) is 0.719. The lowest BCUT2D eigenvalue weighted by molar-refractivity contribution is 0.344. The smallest absolute Gasteiger partial charge is 0.313 e. The van der Waals surface area contributed by atoms with E-state index in [4.69, 9.17) is 0 Å². The van der Waals surface area contributed by atoms with Gasteiger partial charge in [0.1, 0.15) is 0 Å². The van der Waals surface area contributed by atoms with Crippen LogP contribution >= 0.6 is 0 Å². The van der Waals surface area contributed by atoms with E-state index in [0.29, 0.717) is 6.04 Å². The second-order valence-electron chi connectivity index (χ2n) is 4.13. The molecular formula is C11H13N3O. The predicted octanol–water partition coefficient (Wildman–Crippen LogP) is 0.782. The highest BCUT2D eigenvalue weighted by Crippen LogP contribution is 2.18. The molecule has 15 heavy (non-hydrogen) atoms. The van der Waals surface area contributed by atoms with Crippen molar-refractivity contribution in [3.63, 3.8) is 0 Å². The summed E-state index contributed by atoms with van der Waals surface area (Å²) in [5.41, 5.74) is 3.12. The van der Waals surface area contributed by atoms with E-state index in [9.17, 15) is 4.79 Å². The Hall–Kier alpha value is -1.55. The zero-order valence-electron chi connectivity index (χ0n) is 8.58. The van der Waals surface area contributed by atoms with Crippen LogP contribution in [0.1, 0.15) is 11.6 Å². The third-order valence-electron chi connectivity index (χ3n) is 3.00. The number of aryl methyl sites for hydroxylation is 1. The van der Waals surface area contributed by atoms with Gasteiger partial charge in [-0.1, -0.05) is 6.07 Å². The van der Waals surface area contributed by atoms with Crippen LogP contribution in [0.2, 0.25) is 0 Å². The Labute approximate surface area is 86.9 Å². The van der Waals surface area contributed by atoms with Gasteiger partial charge in [-0.05, 0) is 24.6 Å². The maximum atomic E-state index is 11.8. The molecule has 4 heteroatoms. The van der Waals surface area contributed by atoms with E-state index in [-0.39, 0.29) is 5.69 Å². The van der Waals surface area contributed by atoms with Crippen LogP contribution in [0.5, 0.6) is 0 Å². The first-order valence-corrected chi connectivity index (χ1v) is 5.17. The highest BCUT2D eigenvalue weighted by atomic mass is 16.1. The average molecular weight is 203 g/mol. The van der Waals surface area contributed by atoms with E-state index in [1.807, 2.05) is 29.7 Å². The molecule has 1 fully saturated rings. The number of nitrogens with zero attached hydrogens (tertiary/aromatic N) is 1. The normalized spacial score (nSPS) is 16.9. The zero-order valence-corrected chi connectivity index (χ0v) is 8.58. The molecule has 0 atom stereocenters. The molecule has 0 aliphatic carbocycles. The van der Waals surface area contributed by atoms with Gasteiger partial charge < -0.3 is 10.3 Å². The number of hydrogen-bond acceptors (Lipinski definition) is 2. The first-order valence-electron chi connectivity index (χ1n) is 5.17. The van der Waals surface area contributed by atoms with Gasteiger partial charge in [0.05, 0.1) is 17.1 Å². The number of hydrogen-bond donors (Lipinski definition) is 2. The largest absolute Gasteiger partial charge is 0.326 e. The van der Waals surface area contributed by atoms with E-state index in [1.54, 1.807) is 0 Å². The molecule has 2 heterocycles. The van der Waals surface area contributed by atoms with Crippen molar-refractivity contribution in [2.75, 3.05) is 13.1 Å². The molecule has 0 saturated carbocycles. The Kier molecular flexibility index (Phi) is 1.73. The highest BCUT2D eigenvalue weighted by Gasteiger charge is 2.22. The van der Waals surface area contributed by atoms with Crippen LogP contribution in [0.15, 0.2) is 23.0 Å². The molecule has 78 valence electrons. The van der Waals surface area contributed by atoms with Crippen molar-refractivity contribution in [3.05, 3.63) is 34.2 Å². The molecule has 1 aliphatic rings. The monoisotopic (exact) mass is 203 g/mol. The summed E-state index contributed by atoms with van der Waals surface area (Å²) < 4.78 is 1.85. The summed E-state index contributed by atoms with van der Waals surface area (Å²) in [6, 6.07) is 6.38. The number of fused-ring (bicyclic) bond motifs is 1. The third kappa shape index (κ3) is 1.22. The minimum absolute atomic E-state index is 0.00194. The second kappa shape index (κ2) is 2.97. The molecular weight excluding hydrogens is 190 g/mol. The van der Waals surface area contributed by atoms with Crippen molar-refractivity contribution >= 4 is 11.0 Å². The number of rotatable bonds is 1. The number of aromatic nitrogens is 2. The maximum absolute atomic E-state index is 11.8. The van der Waals surface area contributed by atoms with Crippen molar-refractivity contribution in [1.82, 2.24) is 14.9 Å². The number of aromatic amines is 1. The van der Waals surface area contributed by atoms with Crippen LogP contribution in [0.25, 0.3) is 11.0 Å². The van der Waals surface area contributed by atoms with Gasteiger partial charge in [-0.15, -0.1) is 0 Å². The van der Waals surface area contributed by atoms with Gasteiger partial charge >= 0.3 is 5.69 Å². The Bertz CT molecular complexity index is 563. The van der Waals surface area contributed by atoms with Gasteiger partial charge in [-0.25, -0.2) is 4.79 Å². The summed E-state index contributed by atoms with van der Waals surface area (Å²) in [7, 11) is 0. The second-order valence-corrected chi connectivity index (χ2v) is 4.13. The number of imidazole rings is 1. The molecule has 2 N–H and O–H groups in total. The van der Waals surface area contributed by atoms with Crippen molar-refractivity contribution in [3.8, 4) is 0 Å². The fraction of sp³-hybridized carbons (Fsp3) is 0.364. The number of nitrogens with one attached hydrogen (secondary N) is 2. The third-order valence-corrected chi connectivity index (χ3v) is 3.00. The molecule has 0 spiro atoms. The van der Waals surface area contributed by atoms with Crippen LogP contribution in [-0.4, -0.2) is 22.6 Å². The first kappa shape index (κ1) is 8.73. The molecule has 4 nitrogen and oxygen atoms in total. The van der Waals surface area contributed by atoms with Crippen LogP contribution in [0, 0.1) is 6.92 Å². The van der Waals surface area contributed by atoms with Crippen LogP contribution < -0.4 is 11.0 Å². The van der Waals surface area contributed by atoms with Crippen LogP contribution in [0.4, 0.5) is 0 Å². The van der Waals surface area contributed by atoms with Gasteiger partial charge in [0, 0.05) is 13.1 Å². The highest BCUT2D eigenvalue weighted by molar-refractivity contribution is 5.76. The Morgan fingerprint density at radius 1 is 1.40 bits per heavy atom. The summed E-state index contributed by atoms with van der Waals surface area (Å²) in [6.45, 7) is 3.81. The maximum Gasteiger partial charge on any atom is 0.326 e. The molecule has 2 aromatic rings. The van der Waals surface area contributed by atoms with E-state index in [1.165, 1.54) is 5.56 Å². The van der Waals surface area contributed by atoms with E-state index < -0.39 is 0 Å². The molecule has 0 amide bonds. The fourth-order valence-electron chi connectivity index (χ4n) is 2.06. The topological polar surface area (TPSA) is 49.8 Å². The van der Waals surface area contributed by atoms with Gasteiger partial charge in [0.2, 0.25) is 0 Å². The van der Waals surface area contributed by atoms with Gasteiger partial charge in [-0.2, -0.15) is 0 Å². The summed E-state index contributed by atoms with van der Waals surface area (Å²) in [6.07, 6.45) is 0. The summed E-state index contributed by atoms with van der Waals surface area (Å²) in [5, 5.41) is 3.18. The Morgan fingerprint density at radius 3 is 2.87 bits per heavy atom. The van der Waals surface area contributed by atoms with Crippen LogP contribution in [-0.2, 0) is 0 Å². The molecule has 1 aromatic heterocycles. The SMILES string of the molecule is Cc1ccc2c(c1)[nH]c(=O)n2C1CNC1. The molecule has 1 aliphatic heterocycles. The van der Waals surface area contributed by atoms with E-state index in [0.717, 1.165) is 24.1 Å². The Morgan fingerprint density at radius 2 is 2.20 bits per heavy atom. The standard InChI is InChI=1S/C11H13N3O/c1-7-2-3-10-9(4-7)13-11(15)14(10)8-5-12-6-8/h2-4,8,12H,5-6H2,1H3,(H,13,15).